The van der Waals surface area contributed by atoms with Gasteiger partial charge in [0.1, 0.15) is 0 Å². The van der Waals surface area contributed by atoms with E-state index in [9.17, 15) is 0 Å². The molecule has 0 spiro atoms. The molecule has 1 heteroatoms. The quantitative estimate of drug-likeness (QED) is 0.599. The molecule has 2 rings (SSSR count). The summed E-state index contributed by atoms with van der Waals surface area (Å²) in [5.74, 6) is 0. The van der Waals surface area contributed by atoms with Gasteiger partial charge in [0.05, 0.1) is 0 Å². The fourth-order valence-corrected chi connectivity index (χ4v) is 3.19. The Morgan fingerprint density at radius 1 is 1.21 bits per heavy atom. The van der Waals surface area contributed by atoms with E-state index in [4.69, 9.17) is 4.99 Å². The van der Waals surface area contributed by atoms with Crippen molar-refractivity contribution in [2.24, 2.45) is 10.4 Å². The summed E-state index contributed by atoms with van der Waals surface area (Å²) >= 11 is 0. The normalized spacial score (nSPS) is 31.4. The average Bonchev–Trinajstić information content (AvgIpc) is 2.62. The van der Waals surface area contributed by atoms with Crippen LogP contribution in [0.15, 0.2) is 4.99 Å². The predicted molar refractivity (Wildman–Crippen MR) is 62.0 cm³/mol. The zero-order valence-corrected chi connectivity index (χ0v) is 9.52. The minimum atomic E-state index is 0.591. The van der Waals surface area contributed by atoms with E-state index in [0.29, 0.717) is 5.41 Å². The van der Waals surface area contributed by atoms with Crippen LogP contribution < -0.4 is 0 Å². The lowest BCUT2D eigenvalue weighted by Crippen LogP contribution is -2.31. The molecule has 1 nitrogen and oxygen atoms in total. The third-order valence-electron chi connectivity index (χ3n) is 4.08. The van der Waals surface area contributed by atoms with Crippen LogP contribution in [0.2, 0.25) is 0 Å². The Bertz CT molecular complexity index is 219. The van der Waals surface area contributed by atoms with Gasteiger partial charge in [0.2, 0.25) is 0 Å². The minimum absolute atomic E-state index is 0.591. The third-order valence-corrected chi connectivity index (χ3v) is 4.08. The topological polar surface area (TPSA) is 12.4 Å². The standard InChI is InChI=1S/C13H23N/c1-2-3-5-8-13-9-6-4-7-12(13)14-11-10-13/h2-11H2,1H3. The van der Waals surface area contributed by atoms with Crippen molar-refractivity contribution < 1.29 is 0 Å². The van der Waals surface area contributed by atoms with E-state index in [1.54, 1.807) is 5.71 Å². The first-order valence-electron chi connectivity index (χ1n) is 6.41. The van der Waals surface area contributed by atoms with Crippen molar-refractivity contribution in [3.05, 3.63) is 0 Å². The summed E-state index contributed by atoms with van der Waals surface area (Å²) in [5.41, 5.74) is 2.19. The monoisotopic (exact) mass is 193 g/mol. The lowest BCUT2D eigenvalue weighted by molar-refractivity contribution is 0.306. The maximum Gasteiger partial charge on any atom is 0.0397 e. The Hall–Kier alpha value is -0.330. The van der Waals surface area contributed by atoms with Gasteiger partial charge in [-0.15, -0.1) is 0 Å². The van der Waals surface area contributed by atoms with Gasteiger partial charge in [-0.3, -0.25) is 4.99 Å². The summed E-state index contributed by atoms with van der Waals surface area (Å²) in [7, 11) is 0. The Balaban J connectivity index is 1.94. The van der Waals surface area contributed by atoms with Crippen molar-refractivity contribution in [2.75, 3.05) is 6.54 Å². The lowest BCUT2D eigenvalue weighted by atomic mass is 9.69. The summed E-state index contributed by atoms with van der Waals surface area (Å²) in [5, 5.41) is 0. The first-order chi connectivity index (χ1) is 6.87. The molecule has 0 amide bonds. The summed E-state index contributed by atoms with van der Waals surface area (Å²) in [6.45, 7) is 3.42. The van der Waals surface area contributed by atoms with Crippen LogP contribution in [0.25, 0.3) is 0 Å². The predicted octanol–water partition coefficient (Wildman–Crippen LogP) is 3.97. The molecule has 1 heterocycles. The van der Waals surface area contributed by atoms with Crippen molar-refractivity contribution in [1.82, 2.24) is 0 Å². The van der Waals surface area contributed by atoms with E-state index >= 15 is 0 Å². The molecule has 0 aromatic carbocycles. The molecule has 0 bridgehead atoms. The lowest BCUT2D eigenvalue weighted by Gasteiger charge is -2.35. The van der Waals surface area contributed by atoms with E-state index in [-0.39, 0.29) is 0 Å². The van der Waals surface area contributed by atoms with Crippen LogP contribution in [0.3, 0.4) is 0 Å². The zero-order chi connectivity index (χ0) is 9.86. The molecule has 0 aromatic rings. The molecule has 1 fully saturated rings. The Morgan fingerprint density at radius 2 is 2.14 bits per heavy atom. The van der Waals surface area contributed by atoms with Gasteiger partial charge in [0.15, 0.2) is 0 Å². The highest BCUT2D eigenvalue weighted by Gasteiger charge is 2.39. The van der Waals surface area contributed by atoms with Gasteiger partial charge in [-0.25, -0.2) is 0 Å². The second kappa shape index (κ2) is 4.46. The highest BCUT2D eigenvalue weighted by Crippen LogP contribution is 2.44. The minimum Gasteiger partial charge on any atom is -0.294 e. The van der Waals surface area contributed by atoms with Crippen LogP contribution in [-0.4, -0.2) is 12.3 Å². The third kappa shape index (κ3) is 1.87. The number of hydrogen-bond acceptors (Lipinski definition) is 1. The molecular weight excluding hydrogens is 170 g/mol. The van der Waals surface area contributed by atoms with Gasteiger partial charge < -0.3 is 0 Å². The molecule has 1 aliphatic heterocycles. The van der Waals surface area contributed by atoms with Gasteiger partial charge in [-0.2, -0.15) is 0 Å². The maximum absolute atomic E-state index is 4.73. The van der Waals surface area contributed by atoms with Crippen LogP contribution in [0.4, 0.5) is 0 Å². The first-order valence-corrected chi connectivity index (χ1v) is 6.41. The van der Waals surface area contributed by atoms with Gasteiger partial charge in [0.25, 0.3) is 0 Å². The second-order valence-electron chi connectivity index (χ2n) is 5.02. The van der Waals surface area contributed by atoms with E-state index < -0.39 is 0 Å². The van der Waals surface area contributed by atoms with E-state index in [1.807, 2.05) is 0 Å². The molecule has 80 valence electrons. The van der Waals surface area contributed by atoms with Gasteiger partial charge in [-0.05, 0) is 32.1 Å². The summed E-state index contributed by atoms with van der Waals surface area (Å²) in [6, 6.07) is 0. The number of fused-ring (bicyclic) bond motifs is 1. The molecule has 1 aliphatic carbocycles. The van der Waals surface area contributed by atoms with Crippen molar-refractivity contribution >= 4 is 5.71 Å². The average molecular weight is 193 g/mol. The maximum atomic E-state index is 4.73. The molecule has 2 aliphatic rings. The van der Waals surface area contributed by atoms with E-state index in [1.165, 1.54) is 57.8 Å². The molecule has 0 aromatic heterocycles. The molecule has 1 atom stereocenters. The summed E-state index contributed by atoms with van der Waals surface area (Å²) in [4.78, 5) is 4.73. The smallest absolute Gasteiger partial charge is 0.0397 e. The van der Waals surface area contributed by atoms with Gasteiger partial charge in [0, 0.05) is 17.7 Å². The number of aliphatic imine (C=N–C) groups is 1. The van der Waals surface area contributed by atoms with Crippen LogP contribution in [0.5, 0.6) is 0 Å². The molecular formula is C13H23N. The van der Waals surface area contributed by atoms with Crippen LogP contribution in [-0.2, 0) is 0 Å². The Kier molecular flexibility index (Phi) is 3.25. The summed E-state index contributed by atoms with van der Waals surface area (Å²) < 4.78 is 0. The second-order valence-corrected chi connectivity index (χ2v) is 5.02. The molecule has 1 unspecified atom stereocenters. The Labute approximate surface area is 88.0 Å². The van der Waals surface area contributed by atoms with Crippen LogP contribution >= 0.6 is 0 Å². The summed E-state index contributed by atoms with van der Waals surface area (Å²) in [6.07, 6.45) is 12.6. The van der Waals surface area contributed by atoms with Crippen LogP contribution in [0.1, 0.15) is 64.7 Å². The van der Waals surface area contributed by atoms with E-state index in [2.05, 4.69) is 6.92 Å². The van der Waals surface area contributed by atoms with Crippen molar-refractivity contribution in [2.45, 2.75) is 64.7 Å². The molecule has 0 N–H and O–H groups in total. The number of unbranched alkanes of at least 4 members (excludes halogenated alkanes) is 2. The number of rotatable bonds is 4. The van der Waals surface area contributed by atoms with Crippen molar-refractivity contribution in [3.8, 4) is 0 Å². The zero-order valence-electron chi connectivity index (χ0n) is 9.52. The fraction of sp³-hybridized carbons (Fsp3) is 0.923. The molecule has 0 radical (unpaired) electrons. The van der Waals surface area contributed by atoms with Crippen LogP contribution in [0, 0.1) is 5.41 Å². The first kappa shape index (κ1) is 10.2. The fourth-order valence-electron chi connectivity index (χ4n) is 3.19. The molecule has 1 saturated carbocycles. The van der Waals surface area contributed by atoms with E-state index in [0.717, 1.165) is 6.54 Å². The highest BCUT2D eigenvalue weighted by molar-refractivity contribution is 5.92. The van der Waals surface area contributed by atoms with Gasteiger partial charge in [-0.1, -0.05) is 32.6 Å². The molecule has 14 heavy (non-hydrogen) atoms. The SMILES string of the molecule is CCCCCC12CCCCC1=NCC2. The van der Waals surface area contributed by atoms with Crippen molar-refractivity contribution in [1.29, 1.82) is 0 Å². The highest BCUT2D eigenvalue weighted by atomic mass is 14.8. The molecule has 0 saturated heterocycles. The van der Waals surface area contributed by atoms with Gasteiger partial charge >= 0.3 is 0 Å². The largest absolute Gasteiger partial charge is 0.294 e. The number of hydrogen-bond donors (Lipinski definition) is 0. The van der Waals surface area contributed by atoms with Crippen molar-refractivity contribution in [3.63, 3.8) is 0 Å². The Morgan fingerprint density at radius 3 is 3.00 bits per heavy atom. The number of nitrogens with zero attached hydrogens (tertiary/aromatic N) is 1.